The van der Waals surface area contributed by atoms with Gasteiger partial charge in [-0.25, -0.2) is 0 Å². The third kappa shape index (κ3) is 3.16. The van der Waals surface area contributed by atoms with Crippen molar-refractivity contribution in [2.45, 2.75) is 24.5 Å². The first kappa shape index (κ1) is 14.7. The van der Waals surface area contributed by atoms with Gasteiger partial charge in [0.2, 0.25) is 0 Å². The van der Waals surface area contributed by atoms with Gasteiger partial charge in [0.25, 0.3) is 0 Å². The molecule has 1 aromatic heterocycles. The molecule has 21 heavy (non-hydrogen) atoms. The second kappa shape index (κ2) is 5.85. The van der Waals surface area contributed by atoms with Crippen LogP contribution in [-0.2, 0) is 16.6 Å². The van der Waals surface area contributed by atoms with Crippen molar-refractivity contribution in [2.24, 2.45) is 0 Å². The van der Waals surface area contributed by atoms with Gasteiger partial charge in [-0.2, -0.15) is 0 Å². The topological polar surface area (TPSA) is 60.2 Å². The molecule has 2 aromatic rings. The van der Waals surface area contributed by atoms with Crippen LogP contribution in [0.2, 0.25) is 0 Å². The summed E-state index contributed by atoms with van der Waals surface area (Å²) in [6.07, 6.45) is 5.26. The van der Waals surface area contributed by atoms with Crippen LogP contribution < -0.4 is 0 Å². The smallest absolute Gasteiger partial charge is 0.199 e. The van der Waals surface area contributed by atoms with Gasteiger partial charge in [-0.05, 0) is 30.5 Å². The largest absolute Gasteiger partial charge is 0.360 e. The number of ketones is 1. The van der Waals surface area contributed by atoms with Crippen molar-refractivity contribution in [3.63, 3.8) is 0 Å². The van der Waals surface area contributed by atoms with Gasteiger partial charge in [0.1, 0.15) is 0 Å². The first-order valence-corrected chi connectivity index (χ1v) is 9.16. The van der Waals surface area contributed by atoms with Gasteiger partial charge in [-0.3, -0.25) is 9.00 Å². The predicted octanol–water partition coefficient (Wildman–Crippen LogP) is 3.42. The molecular weight excluding hydrogens is 354 g/mol. The highest BCUT2D eigenvalue weighted by molar-refractivity contribution is 9.10. The molecule has 0 N–H and O–H groups in total. The summed E-state index contributed by atoms with van der Waals surface area (Å²) in [6.45, 7) is 0. The van der Waals surface area contributed by atoms with Crippen LogP contribution in [0.25, 0.3) is 0 Å². The number of hydrogen-bond acceptors (Lipinski definition) is 4. The zero-order chi connectivity index (χ0) is 15.0. The fourth-order valence-corrected chi connectivity index (χ4v) is 3.53. The Morgan fingerprint density at radius 3 is 2.81 bits per heavy atom. The number of rotatable bonds is 5. The predicted molar refractivity (Wildman–Crippen MR) is 83.8 cm³/mol. The van der Waals surface area contributed by atoms with Crippen LogP contribution in [0.15, 0.2) is 33.4 Å². The Kier molecular flexibility index (Phi) is 4.08. The van der Waals surface area contributed by atoms with Crippen LogP contribution in [-0.4, -0.2) is 21.4 Å². The van der Waals surface area contributed by atoms with Crippen LogP contribution in [0.5, 0.6) is 0 Å². The fourth-order valence-electron chi connectivity index (χ4n) is 2.27. The molecular formula is C15H14BrNO3S. The summed E-state index contributed by atoms with van der Waals surface area (Å²) < 4.78 is 17.2. The van der Waals surface area contributed by atoms with Gasteiger partial charge in [-0.1, -0.05) is 27.2 Å². The Morgan fingerprint density at radius 1 is 1.43 bits per heavy atom. The lowest BCUT2D eigenvalue weighted by Gasteiger charge is -2.06. The minimum Gasteiger partial charge on any atom is -0.360 e. The minimum absolute atomic E-state index is 0.0887. The third-order valence-corrected chi connectivity index (χ3v) is 4.84. The maximum Gasteiger partial charge on any atom is 0.199 e. The quantitative estimate of drug-likeness (QED) is 0.759. The first-order chi connectivity index (χ1) is 10.1. The SMILES string of the molecule is CS(=O)Cc1ccc(C(=O)c2cnoc2C2CC2)c(Br)c1. The maximum absolute atomic E-state index is 12.6. The first-order valence-electron chi connectivity index (χ1n) is 6.64. The average molecular weight is 368 g/mol. The van der Waals surface area contributed by atoms with Crippen LogP contribution in [0.1, 0.15) is 46.0 Å². The van der Waals surface area contributed by atoms with Crippen molar-refractivity contribution in [1.82, 2.24) is 5.16 Å². The van der Waals surface area contributed by atoms with E-state index in [9.17, 15) is 9.00 Å². The van der Waals surface area contributed by atoms with E-state index in [1.54, 1.807) is 12.3 Å². The van der Waals surface area contributed by atoms with E-state index in [1.165, 1.54) is 6.20 Å². The van der Waals surface area contributed by atoms with Gasteiger partial charge in [0.05, 0.1) is 11.8 Å². The zero-order valence-corrected chi connectivity index (χ0v) is 13.9. The molecule has 0 bridgehead atoms. The van der Waals surface area contributed by atoms with Gasteiger partial charge in [-0.15, -0.1) is 0 Å². The number of hydrogen-bond donors (Lipinski definition) is 0. The number of benzene rings is 1. The molecule has 1 aromatic carbocycles. The molecule has 1 heterocycles. The second-order valence-corrected chi connectivity index (χ2v) is 7.53. The van der Waals surface area contributed by atoms with Gasteiger partial charge in [0.15, 0.2) is 11.5 Å². The van der Waals surface area contributed by atoms with E-state index in [0.717, 1.165) is 18.4 Å². The van der Waals surface area contributed by atoms with Gasteiger partial charge in [0, 0.05) is 38.8 Å². The van der Waals surface area contributed by atoms with E-state index < -0.39 is 10.8 Å². The molecule has 4 nitrogen and oxygen atoms in total. The van der Waals surface area contributed by atoms with Crippen LogP contribution in [0, 0.1) is 0 Å². The molecule has 1 aliphatic carbocycles. The maximum atomic E-state index is 12.6. The number of nitrogens with zero attached hydrogens (tertiary/aromatic N) is 1. The normalized spacial score (nSPS) is 15.9. The van der Waals surface area contributed by atoms with E-state index in [2.05, 4.69) is 21.1 Å². The Morgan fingerprint density at radius 2 is 2.19 bits per heavy atom. The lowest BCUT2D eigenvalue weighted by atomic mass is 10.0. The van der Waals surface area contributed by atoms with E-state index in [0.29, 0.717) is 33.0 Å². The molecule has 0 radical (unpaired) electrons. The molecule has 110 valence electrons. The van der Waals surface area contributed by atoms with Crippen molar-refractivity contribution < 1.29 is 13.5 Å². The van der Waals surface area contributed by atoms with E-state index >= 15 is 0 Å². The Bertz CT molecular complexity index is 721. The summed E-state index contributed by atoms with van der Waals surface area (Å²) in [7, 11) is -0.904. The molecule has 1 saturated carbocycles. The van der Waals surface area contributed by atoms with E-state index in [1.807, 2.05) is 12.1 Å². The molecule has 1 fully saturated rings. The van der Waals surface area contributed by atoms with Crippen molar-refractivity contribution in [1.29, 1.82) is 0 Å². The summed E-state index contributed by atoms with van der Waals surface area (Å²) in [5, 5.41) is 3.77. The average Bonchev–Trinajstić information content (AvgIpc) is 3.15. The lowest BCUT2D eigenvalue weighted by Crippen LogP contribution is -2.04. The van der Waals surface area contributed by atoms with E-state index in [-0.39, 0.29) is 5.78 Å². The van der Waals surface area contributed by atoms with Crippen LogP contribution in [0.3, 0.4) is 0 Å². The molecule has 6 heteroatoms. The molecule has 0 aliphatic heterocycles. The highest BCUT2D eigenvalue weighted by Gasteiger charge is 2.33. The van der Waals surface area contributed by atoms with Crippen LogP contribution in [0.4, 0.5) is 0 Å². The molecule has 1 aliphatic rings. The summed E-state index contributed by atoms with van der Waals surface area (Å²) in [5.74, 6) is 1.43. The molecule has 1 unspecified atom stereocenters. The van der Waals surface area contributed by atoms with Crippen molar-refractivity contribution in [2.75, 3.05) is 6.26 Å². The molecule has 3 rings (SSSR count). The van der Waals surface area contributed by atoms with Crippen molar-refractivity contribution >= 4 is 32.5 Å². The minimum atomic E-state index is -0.904. The Hall–Kier alpha value is -1.27. The number of carbonyl (C=O) groups is 1. The van der Waals surface area contributed by atoms with Crippen molar-refractivity contribution in [3.05, 3.63) is 51.3 Å². The summed E-state index contributed by atoms with van der Waals surface area (Å²) >= 11 is 3.43. The molecule has 0 spiro atoms. The second-order valence-electron chi connectivity index (χ2n) is 5.24. The lowest BCUT2D eigenvalue weighted by molar-refractivity contribution is 0.103. The van der Waals surface area contributed by atoms with Crippen molar-refractivity contribution in [3.8, 4) is 0 Å². The summed E-state index contributed by atoms with van der Waals surface area (Å²) in [6, 6.07) is 5.45. The number of halogens is 1. The fraction of sp³-hybridized carbons (Fsp3) is 0.333. The Labute approximate surface area is 133 Å². The number of carbonyl (C=O) groups excluding carboxylic acids is 1. The van der Waals surface area contributed by atoms with Crippen LogP contribution >= 0.6 is 15.9 Å². The number of aromatic nitrogens is 1. The standard InChI is InChI=1S/C15H14BrNO3S/c1-21(19)8-9-2-5-11(13(16)6-9)14(18)12-7-17-20-15(12)10-3-4-10/h2,5-7,10H,3-4,8H2,1H3. The zero-order valence-electron chi connectivity index (χ0n) is 11.5. The highest BCUT2D eigenvalue weighted by atomic mass is 79.9. The summed E-state index contributed by atoms with van der Waals surface area (Å²) in [4.78, 5) is 12.6. The van der Waals surface area contributed by atoms with Gasteiger partial charge >= 0.3 is 0 Å². The highest BCUT2D eigenvalue weighted by Crippen LogP contribution is 2.42. The summed E-state index contributed by atoms with van der Waals surface area (Å²) in [5.41, 5.74) is 2.06. The molecule has 1 atom stereocenters. The van der Waals surface area contributed by atoms with E-state index in [4.69, 9.17) is 4.52 Å². The third-order valence-electron chi connectivity index (χ3n) is 3.44. The monoisotopic (exact) mass is 367 g/mol. The Balaban J connectivity index is 1.90. The molecule has 0 saturated heterocycles. The van der Waals surface area contributed by atoms with Gasteiger partial charge < -0.3 is 4.52 Å². The molecule has 0 amide bonds.